The number of benzene rings is 3. The smallest absolute Gasteiger partial charge is 0.181 e. The molecular formula is C36H51N3OS2. The first-order valence-electron chi connectivity index (χ1n) is 14.2. The van der Waals surface area contributed by atoms with E-state index in [0.717, 1.165) is 22.1 Å². The molecule has 3 heterocycles. The Hall–Kier alpha value is -3.09. The number of hydrogen-bond acceptors (Lipinski definition) is 6. The molecule has 0 fully saturated rings. The highest BCUT2D eigenvalue weighted by Gasteiger charge is 1.97. The zero-order valence-electron chi connectivity index (χ0n) is 27.7. The molecule has 6 heteroatoms. The predicted octanol–water partition coefficient (Wildman–Crippen LogP) is 12.6. The lowest BCUT2D eigenvalue weighted by Gasteiger charge is -2.05. The summed E-state index contributed by atoms with van der Waals surface area (Å²) in [6.45, 7) is 26.2. The van der Waals surface area contributed by atoms with E-state index in [2.05, 4.69) is 110 Å². The topological polar surface area (TPSA) is 51.8 Å². The Morgan fingerprint density at radius 3 is 1.14 bits per heavy atom. The molecule has 6 rings (SSSR count). The third-order valence-electron chi connectivity index (χ3n) is 3.71. The van der Waals surface area contributed by atoms with Gasteiger partial charge in [0.05, 0.1) is 31.5 Å². The van der Waals surface area contributed by atoms with Gasteiger partial charge in [-0.3, -0.25) is 0 Å². The van der Waals surface area contributed by atoms with E-state index in [9.17, 15) is 0 Å². The number of rotatable bonds is 0. The number of para-hydroxylation sites is 4. The van der Waals surface area contributed by atoms with Gasteiger partial charge in [0.15, 0.2) is 12.0 Å². The average Bonchev–Trinajstić information content (AvgIpc) is 3.62. The predicted molar refractivity (Wildman–Crippen MR) is 189 cm³/mol. The molecular weight excluding hydrogens is 555 g/mol. The summed E-state index contributed by atoms with van der Waals surface area (Å²) in [6.07, 6.45) is 1.45. The van der Waals surface area contributed by atoms with Crippen LogP contribution in [0, 0.1) is 16.2 Å². The molecule has 228 valence electrons. The third kappa shape index (κ3) is 20.7. The zero-order valence-corrected chi connectivity index (χ0v) is 29.4. The Morgan fingerprint density at radius 2 is 0.786 bits per heavy atom. The molecule has 0 N–H and O–H groups in total. The zero-order chi connectivity index (χ0) is 31.8. The minimum absolute atomic E-state index is 0.500. The molecule has 0 atom stereocenters. The number of thiazole rings is 2. The number of aromatic nitrogens is 3. The number of nitrogens with zero attached hydrogens (tertiary/aromatic N) is 3. The highest BCUT2D eigenvalue weighted by atomic mass is 32.1. The summed E-state index contributed by atoms with van der Waals surface area (Å²) in [5.41, 5.74) is 9.19. The number of fused-ring (bicyclic) bond motifs is 3. The van der Waals surface area contributed by atoms with Crippen molar-refractivity contribution in [3.63, 3.8) is 0 Å². The van der Waals surface area contributed by atoms with Crippen molar-refractivity contribution in [1.29, 1.82) is 0 Å². The van der Waals surface area contributed by atoms with E-state index in [0.29, 0.717) is 16.2 Å². The van der Waals surface area contributed by atoms with E-state index in [1.807, 2.05) is 71.7 Å². The van der Waals surface area contributed by atoms with Crippen molar-refractivity contribution in [3.05, 3.63) is 90.2 Å². The van der Waals surface area contributed by atoms with Crippen molar-refractivity contribution in [1.82, 2.24) is 15.0 Å². The maximum Gasteiger partial charge on any atom is 0.181 e. The molecule has 6 aromatic rings. The van der Waals surface area contributed by atoms with Crippen molar-refractivity contribution in [2.75, 3.05) is 0 Å². The first kappa shape index (κ1) is 36.9. The molecule has 4 nitrogen and oxygen atoms in total. The molecule has 0 amide bonds. The van der Waals surface area contributed by atoms with Gasteiger partial charge in [0.1, 0.15) is 5.52 Å². The van der Waals surface area contributed by atoms with Crippen molar-refractivity contribution >= 4 is 54.2 Å². The molecule has 0 saturated carbocycles. The molecule has 0 aliphatic carbocycles. The SMILES string of the molecule is CC(C)(C)C.CC(C)(C)C.CC(C)(C)C.c1ccc2ocnc2c1.c1ccc2scnc2c1.c1ccc2scnc2c1. The fraction of sp³-hybridized carbons (Fsp3) is 0.417. The fourth-order valence-corrected chi connectivity index (χ4v) is 3.77. The molecule has 0 unspecified atom stereocenters. The lowest BCUT2D eigenvalue weighted by molar-refractivity contribution is 0.469. The molecule has 0 aliphatic heterocycles. The Balaban J connectivity index is 0.000000259. The first-order chi connectivity index (χ1) is 19.4. The lowest BCUT2D eigenvalue weighted by atomic mass is 10.0. The fourth-order valence-electron chi connectivity index (χ4n) is 2.41. The van der Waals surface area contributed by atoms with Crippen LogP contribution in [0.15, 0.2) is 94.6 Å². The average molecular weight is 606 g/mol. The van der Waals surface area contributed by atoms with Crippen LogP contribution in [0.1, 0.15) is 83.1 Å². The van der Waals surface area contributed by atoms with Crippen molar-refractivity contribution in [2.45, 2.75) is 83.1 Å². The second-order valence-electron chi connectivity index (χ2n) is 14.5. The number of hydrogen-bond donors (Lipinski definition) is 0. The third-order valence-corrected chi connectivity index (χ3v) is 5.33. The van der Waals surface area contributed by atoms with E-state index in [4.69, 9.17) is 4.42 Å². The summed E-state index contributed by atoms with van der Waals surface area (Å²) in [5.74, 6) is 0. The molecule has 0 aliphatic rings. The van der Waals surface area contributed by atoms with Gasteiger partial charge in [-0.1, -0.05) is 119 Å². The van der Waals surface area contributed by atoms with Crippen LogP contribution < -0.4 is 0 Å². The lowest BCUT2D eigenvalue weighted by Crippen LogP contribution is -1.93. The summed E-state index contributed by atoms with van der Waals surface area (Å²) in [4.78, 5) is 12.2. The number of oxazole rings is 1. The minimum Gasteiger partial charge on any atom is -0.443 e. The van der Waals surface area contributed by atoms with Gasteiger partial charge in [-0.05, 0) is 52.6 Å². The largest absolute Gasteiger partial charge is 0.443 e. The molecule has 0 radical (unpaired) electrons. The minimum atomic E-state index is 0.500. The van der Waals surface area contributed by atoms with Gasteiger partial charge in [0.25, 0.3) is 0 Å². The first-order valence-corrected chi connectivity index (χ1v) is 16.0. The van der Waals surface area contributed by atoms with Gasteiger partial charge in [0, 0.05) is 0 Å². The monoisotopic (exact) mass is 605 g/mol. The Morgan fingerprint density at radius 1 is 0.452 bits per heavy atom. The summed E-state index contributed by atoms with van der Waals surface area (Å²) in [6, 6.07) is 23.9. The molecule has 3 aromatic carbocycles. The van der Waals surface area contributed by atoms with Crippen LogP contribution in [0.3, 0.4) is 0 Å². The van der Waals surface area contributed by atoms with Gasteiger partial charge >= 0.3 is 0 Å². The normalized spacial score (nSPS) is 10.9. The van der Waals surface area contributed by atoms with Crippen LogP contribution in [-0.4, -0.2) is 15.0 Å². The summed E-state index contributed by atoms with van der Waals surface area (Å²) in [5, 5.41) is 0. The van der Waals surface area contributed by atoms with Crippen LogP contribution in [0.25, 0.3) is 31.5 Å². The quantitative estimate of drug-likeness (QED) is 0.173. The summed E-state index contributed by atoms with van der Waals surface area (Å²) >= 11 is 3.35. The molecule has 0 saturated heterocycles. The summed E-state index contributed by atoms with van der Waals surface area (Å²) in [7, 11) is 0. The van der Waals surface area contributed by atoms with Crippen LogP contribution >= 0.6 is 22.7 Å². The van der Waals surface area contributed by atoms with E-state index in [1.54, 1.807) is 22.7 Å². The van der Waals surface area contributed by atoms with Crippen molar-refractivity contribution in [3.8, 4) is 0 Å². The molecule has 0 bridgehead atoms. The van der Waals surface area contributed by atoms with E-state index in [1.165, 1.54) is 15.8 Å². The van der Waals surface area contributed by atoms with E-state index >= 15 is 0 Å². The van der Waals surface area contributed by atoms with Gasteiger partial charge in [0.2, 0.25) is 0 Å². The molecule has 3 aromatic heterocycles. The van der Waals surface area contributed by atoms with Crippen LogP contribution in [0.4, 0.5) is 0 Å². The van der Waals surface area contributed by atoms with E-state index in [-0.39, 0.29) is 0 Å². The summed E-state index contributed by atoms with van der Waals surface area (Å²) < 4.78 is 7.53. The Labute approximate surface area is 262 Å². The van der Waals surface area contributed by atoms with Gasteiger partial charge in [-0.25, -0.2) is 15.0 Å². The van der Waals surface area contributed by atoms with Gasteiger partial charge < -0.3 is 4.42 Å². The highest BCUT2D eigenvalue weighted by Crippen LogP contribution is 2.16. The Bertz CT molecular complexity index is 1230. The van der Waals surface area contributed by atoms with E-state index < -0.39 is 0 Å². The highest BCUT2D eigenvalue weighted by molar-refractivity contribution is 7.17. The standard InChI is InChI=1S/C7H5NO.2C7H5NS.3C5H12/c3*1-2-4-7-6(3-1)8-5-9-7;3*1-5(2,3)4/h3*1-5H;3*1-4H3. The van der Waals surface area contributed by atoms with Crippen molar-refractivity contribution < 1.29 is 4.42 Å². The maximum absolute atomic E-state index is 5.01. The molecule has 42 heavy (non-hydrogen) atoms. The van der Waals surface area contributed by atoms with Crippen molar-refractivity contribution in [2.24, 2.45) is 16.2 Å². The van der Waals surface area contributed by atoms with Crippen LogP contribution in [0.5, 0.6) is 0 Å². The van der Waals surface area contributed by atoms with Gasteiger partial charge in [-0.15, -0.1) is 22.7 Å². The van der Waals surface area contributed by atoms with Crippen LogP contribution in [0.2, 0.25) is 0 Å². The second-order valence-corrected chi connectivity index (χ2v) is 16.2. The molecule has 0 spiro atoms. The van der Waals surface area contributed by atoms with Crippen LogP contribution in [-0.2, 0) is 0 Å². The van der Waals surface area contributed by atoms with Gasteiger partial charge in [-0.2, -0.15) is 0 Å². The second kappa shape index (κ2) is 17.8. The maximum atomic E-state index is 5.01. The Kier molecular flexibility index (Phi) is 15.6.